The molecule has 30 heavy (non-hydrogen) atoms. The maximum absolute atomic E-state index is 12.9. The SMILES string of the molecule is CN(C)c1ccc(C(=O)Nc2ccc3c(c2)CCCN3C(=O)c2ccccc2)cc1. The van der Waals surface area contributed by atoms with Gasteiger partial charge in [-0.3, -0.25) is 9.59 Å². The van der Waals surface area contributed by atoms with Crippen molar-refractivity contribution in [3.8, 4) is 0 Å². The molecule has 0 atom stereocenters. The van der Waals surface area contributed by atoms with Gasteiger partial charge in [-0.15, -0.1) is 0 Å². The van der Waals surface area contributed by atoms with Gasteiger partial charge in [0.15, 0.2) is 0 Å². The van der Waals surface area contributed by atoms with Crippen LogP contribution in [0.2, 0.25) is 0 Å². The van der Waals surface area contributed by atoms with Gasteiger partial charge in [0, 0.05) is 48.8 Å². The van der Waals surface area contributed by atoms with Crippen molar-refractivity contribution in [3.63, 3.8) is 0 Å². The van der Waals surface area contributed by atoms with Crippen LogP contribution in [-0.2, 0) is 6.42 Å². The number of nitrogens with zero attached hydrogens (tertiary/aromatic N) is 2. The van der Waals surface area contributed by atoms with Crippen molar-refractivity contribution in [3.05, 3.63) is 89.5 Å². The predicted octanol–water partition coefficient (Wildman–Crippen LogP) is 4.60. The highest BCUT2D eigenvalue weighted by molar-refractivity contribution is 6.07. The summed E-state index contributed by atoms with van der Waals surface area (Å²) in [6.45, 7) is 0.699. The summed E-state index contributed by atoms with van der Waals surface area (Å²) in [7, 11) is 3.93. The van der Waals surface area contributed by atoms with Gasteiger partial charge in [0.05, 0.1) is 0 Å². The third kappa shape index (κ3) is 4.06. The minimum atomic E-state index is -0.145. The lowest BCUT2D eigenvalue weighted by molar-refractivity contribution is 0.0983. The summed E-state index contributed by atoms with van der Waals surface area (Å²) < 4.78 is 0. The molecule has 1 N–H and O–H groups in total. The van der Waals surface area contributed by atoms with Crippen LogP contribution in [0.3, 0.4) is 0 Å². The number of carbonyl (C=O) groups is 2. The summed E-state index contributed by atoms with van der Waals surface area (Å²) in [6, 6.07) is 22.6. The number of nitrogens with one attached hydrogen (secondary N) is 1. The highest BCUT2D eigenvalue weighted by Crippen LogP contribution is 2.31. The molecule has 5 heteroatoms. The van der Waals surface area contributed by atoms with E-state index in [1.807, 2.05) is 96.7 Å². The maximum Gasteiger partial charge on any atom is 0.258 e. The summed E-state index contributed by atoms with van der Waals surface area (Å²) >= 11 is 0. The fraction of sp³-hybridized carbons (Fsp3) is 0.200. The summed E-state index contributed by atoms with van der Waals surface area (Å²) in [5.41, 5.74) is 5.07. The first-order valence-corrected chi connectivity index (χ1v) is 10.1. The highest BCUT2D eigenvalue weighted by atomic mass is 16.2. The maximum atomic E-state index is 12.9. The van der Waals surface area contributed by atoms with Crippen LogP contribution in [0, 0.1) is 0 Å². The van der Waals surface area contributed by atoms with Crippen LogP contribution in [0.5, 0.6) is 0 Å². The van der Waals surface area contributed by atoms with Crippen molar-refractivity contribution in [2.45, 2.75) is 12.8 Å². The van der Waals surface area contributed by atoms with Gasteiger partial charge in [-0.2, -0.15) is 0 Å². The molecule has 1 aliphatic heterocycles. The molecule has 0 aromatic heterocycles. The van der Waals surface area contributed by atoms with E-state index in [0.717, 1.165) is 35.5 Å². The number of aryl methyl sites for hydroxylation is 1. The average molecular weight is 399 g/mol. The second-order valence-corrected chi connectivity index (χ2v) is 7.67. The first-order valence-electron chi connectivity index (χ1n) is 10.1. The van der Waals surface area contributed by atoms with Gasteiger partial charge >= 0.3 is 0 Å². The van der Waals surface area contributed by atoms with Crippen LogP contribution in [0.25, 0.3) is 0 Å². The Kier molecular flexibility index (Phi) is 5.53. The van der Waals surface area contributed by atoms with Gasteiger partial charge < -0.3 is 15.1 Å². The van der Waals surface area contributed by atoms with Crippen molar-refractivity contribution in [2.24, 2.45) is 0 Å². The Morgan fingerprint density at radius 3 is 2.33 bits per heavy atom. The molecule has 3 aromatic carbocycles. The monoisotopic (exact) mass is 399 g/mol. The van der Waals surface area contributed by atoms with Gasteiger partial charge in [0.25, 0.3) is 11.8 Å². The zero-order valence-corrected chi connectivity index (χ0v) is 17.3. The predicted molar refractivity (Wildman–Crippen MR) is 122 cm³/mol. The van der Waals surface area contributed by atoms with Crippen LogP contribution in [0.1, 0.15) is 32.7 Å². The number of benzene rings is 3. The third-order valence-corrected chi connectivity index (χ3v) is 5.37. The molecule has 152 valence electrons. The molecule has 0 unspecified atom stereocenters. The first-order chi connectivity index (χ1) is 14.5. The molecule has 0 saturated carbocycles. The number of rotatable bonds is 4. The summed E-state index contributed by atoms with van der Waals surface area (Å²) in [6.07, 6.45) is 1.78. The molecule has 5 nitrogen and oxygen atoms in total. The summed E-state index contributed by atoms with van der Waals surface area (Å²) in [5, 5.41) is 2.98. The Balaban J connectivity index is 1.52. The molecule has 0 spiro atoms. The number of amides is 2. The van der Waals surface area contributed by atoms with E-state index in [-0.39, 0.29) is 11.8 Å². The number of hydrogen-bond donors (Lipinski definition) is 1. The molecule has 3 aromatic rings. The molecule has 0 bridgehead atoms. The van der Waals surface area contributed by atoms with E-state index < -0.39 is 0 Å². The fourth-order valence-electron chi connectivity index (χ4n) is 3.74. The Labute approximate surface area is 176 Å². The van der Waals surface area contributed by atoms with E-state index >= 15 is 0 Å². The standard InChI is InChI=1S/C25H25N3O2/c1-27(2)22-13-10-18(11-14-22)24(29)26-21-12-15-23-20(17-21)9-6-16-28(23)25(30)19-7-4-3-5-8-19/h3-5,7-8,10-15,17H,6,9,16H2,1-2H3,(H,26,29). The lowest BCUT2D eigenvalue weighted by atomic mass is 10.00. The molecule has 0 aliphatic carbocycles. The summed E-state index contributed by atoms with van der Waals surface area (Å²) in [5.74, 6) is -0.136. The quantitative estimate of drug-likeness (QED) is 0.698. The van der Waals surface area contributed by atoms with Crippen molar-refractivity contribution < 1.29 is 9.59 Å². The molecule has 2 amide bonds. The lowest BCUT2D eigenvalue weighted by Crippen LogP contribution is -2.35. The first kappa shape index (κ1) is 19.7. The van der Waals surface area contributed by atoms with E-state index in [9.17, 15) is 9.59 Å². The Morgan fingerprint density at radius 1 is 0.900 bits per heavy atom. The normalized spacial score (nSPS) is 12.8. The zero-order chi connectivity index (χ0) is 21.1. The van der Waals surface area contributed by atoms with Crippen LogP contribution in [0.15, 0.2) is 72.8 Å². The van der Waals surface area contributed by atoms with E-state index in [1.54, 1.807) is 0 Å². The second-order valence-electron chi connectivity index (χ2n) is 7.67. The number of hydrogen-bond acceptors (Lipinski definition) is 3. The molecule has 1 heterocycles. The number of fused-ring (bicyclic) bond motifs is 1. The number of carbonyl (C=O) groups excluding carboxylic acids is 2. The lowest BCUT2D eigenvalue weighted by Gasteiger charge is -2.30. The van der Waals surface area contributed by atoms with E-state index in [4.69, 9.17) is 0 Å². The third-order valence-electron chi connectivity index (χ3n) is 5.37. The molecular formula is C25H25N3O2. The van der Waals surface area contributed by atoms with Crippen molar-refractivity contribution in [1.29, 1.82) is 0 Å². The molecule has 4 rings (SSSR count). The Morgan fingerprint density at radius 2 is 1.63 bits per heavy atom. The molecule has 1 aliphatic rings. The minimum Gasteiger partial charge on any atom is -0.378 e. The molecule has 0 saturated heterocycles. The molecule has 0 radical (unpaired) electrons. The van der Waals surface area contributed by atoms with Crippen LogP contribution in [-0.4, -0.2) is 32.5 Å². The Hall–Kier alpha value is -3.60. The van der Waals surface area contributed by atoms with E-state index in [2.05, 4.69) is 5.32 Å². The fourth-order valence-corrected chi connectivity index (χ4v) is 3.74. The van der Waals surface area contributed by atoms with Crippen LogP contribution < -0.4 is 15.1 Å². The largest absolute Gasteiger partial charge is 0.378 e. The van der Waals surface area contributed by atoms with Crippen molar-refractivity contribution >= 4 is 28.9 Å². The van der Waals surface area contributed by atoms with Gasteiger partial charge in [0.1, 0.15) is 0 Å². The van der Waals surface area contributed by atoms with Gasteiger partial charge in [-0.05, 0) is 73.0 Å². The zero-order valence-electron chi connectivity index (χ0n) is 17.3. The topological polar surface area (TPSA) is 52.7 Å². The number of anilines is 3. The van der Waals surface area contributed by atoms with Crippen LogP contribution >= 0.6 is 0 Å². The summed E-state index contributed by atoms with van der Waals surface area (Å²) in [4.78, 5) is 29.4. The van der Waals surface area contributed by atoms with Gasteiger partial charge in [-0.25, -0.2) is 0 Å². The van der Waals surface area contributed by atoms with Gasteiger partial charge in [-0.1, -0.05) is 18.2 Å². The minimum absolute atomic E-state index is 0.00863. The average Bonchev–Trinajstić information content (AvgIpc) is 2.78. The second kappa shape index (κ2) is 8.41. The molecule has 0 fully saturated rings. The Bertz CT molecular complexity index is 1060. The van der Waals surface area contributed by atoms with Crippen molar-refractivity contribution in [2.75, 3.05) is 35.8 Å². The van der Waals surface area contributed by atoms with E-state index in [0.29, 0.717) is 17.7 Å². The smallest absolute Gasteiger partial charge is 0.258 e. The molecular weight excluding hydrogens is 374 g/mol. The van der Waals surface area contributed by atoms with E-state index in [1.165, 1.54) is 0 Å². The van der Waals surface area contributed by atoms with Gasteiger partial charge in [0.2, 0.25) is 0 Å². The highest BCUT2D eigenvalue weighted by Gasteiger charge is 2.24. The van der Waals surface area contributed by atoms with Crippen LogP contribution in [0.4, 0.5) is 17.1 Å². The van der Waals surface area contributed by atoms with Crippen molar-refractivity contribution in [1.82, 2.24) is 0 Å².